The van der Waals surface area contributed by atoms with Gasteiger partial charge >= 0.3 is 11.7 Å². The number of hydrogen-bond donors (Lipinski definition) is 1. The van der Waals surface area contributed by atoms with Crippen molar-refractivity contribution in [3.63, 3.8) is 0 Å². The third-order valence-corrected chi connectivity index (χ3v) is 2.10. The lowest BCUT2D eigenvalue weighted by molar-refractivity contribution is -0.385. The number of esters is 1. The number of hydrogen-bond acceptors (Lipinski definition) is 5. The average molecular weight is 251 g/mol. The minimum absolute atomic E-state index is 0.117. The van der Waals surface area contributed by atoms with Crippen molar-refractivity contribution < 1.29 is 19.6 Å². The van der Waals surface area contributed by atoms with E-state index in [4.69, 9.17) is 4.74 Å². The number of aromatic hydroxyl groups is 1. The highest BCUT2D eigenvalue weighted by atomic mass is 16.6. The monoisotopic (exact) mass is 251 g/mol. The van der Waals surface area contributed by atoms with Crippen molar-refractivity contribution in [2.24, 2.45) is 0 Å². The van der Waals surface area contributed by atoms with Crippen LogP contribution in [0.1, 0.15) is 18.9 Å². The molecule has 1 aromatic carbocycles. The van der Waals surface area contributed by atoms with Gasteiger partial charge in [-0.3, -0.25) is 14.9 Å². The molecular weight excluding hydrogens is 238 g/mol. The first-order chi connectivity index (χ1) is 8.54. The molecule has 0 saturated heterocycles. The number of phenols is 1. The second-order valence-electron chi connectivity index (χ2n) is 3.42. The Morgan fingerprint density at radius 2 is 2.28 bits per heavy atom. The highest BCUT2D eigenvalue weighted by molar-refractivity contribution is 5.72. The maximum absolute atomic E-state index is 11.0. The Morgan fingerprint density at radius 3 is 2.83 bits per heavy atom. The van der Waals surface area contributed by atoms with Crippen molar-refractivity contribution >= 4 is 17.7 Å². The van der Waals surface area contributed by atoms with Gasteiger partial charge in [-0.2, -0.15) is 0 Å². The molecule has 0 unspecified atom stereocenters. The molecule has 0 saturated carbocycles. The molecule has 0 atom stereocenters. The zero-order valence-electron chi connectivity index (χ0n) is 9.83. The fourth-order valence-corrected chi connectivity index (χ4v) is 1.31. The fourth-order valence-electron chi connectivity index (χ4n) is 1.31. The second-order valence-corrected chi connectivity index (χ2v) is 3.42. The standard InChI is InChI=1S/C12H13NO5/c1-2-18-12(15)5-3-4-9-6-7-10(13(16)17)11(14)8-9/h3-4,6-8,14H,2,5H2,1H3. The summed E-state index contributed by atoms with van der Waals surface area (Å²) in [5.41, 5.74) is 0.222. The van der Waals surface area contributed by atoms with Crippen LogP contribution in [0.5, 0.6) is 5.75 Å². The Labute approximate surface area is 104 Å². The lowest BCUT2D eigenvalue weighted by Gasteiger charge is -1.98. The summed E-state index contributed by atoms with van der Waals surface area (Å²) < 4.78 is 4.73. The molecule has 0 aliphatic heterocycles. The third-order valence-electron chi connectivity index (χ3n) is 2.10. The molecule has 0 bridgehead atoms. The molecule has 18 heavy (non-hydrogen) atoms. The molecule has 0 aliphatic carbocycles. The number of benzene rings is 1. The van der Waals surface area contributed by atoms with Crippen LogP contribution in [0.25, 0.3) is 6.08 Å². The minimum atomic E-state index is -0.665. The van der Waals surface area contributed by atoms with E-state index in [0.717, 1.165) is 0 Å². The van der Waals surface area contributed by atoms with E-state index in [1.54, 1.807) is 19.1 Å². The van der Waals surface area contributed by atoms with Crippen molar-refractivity contribution in [1.82, 2.24) is 0 Å². The van der Waals surface area contributed by atoms with Crippen LogP contribution >= 0.6 is 0 Å². The molecule has 0 amide bonds. The van der Waals surface area contributed by atoms with Gasteiger partial charge in [-0.05, 0) is 24.6 Å². The van der Waals surface area contributed by atoms with Gasteiger partial charge < -0.3 is 9.84 Å². The summed E-state index contributed by atoms with van der Waals surface area (Å²) in [5, 5.41) is 19.9. The number of nitrogens with zero attached hydrogens (tertiary/aromatic N) is 1. The predicted octanol–water partition coefficient (Wildman–Crippen LogP) is 2.27. The van der Waals surface area contributed by atoms with E-state index in [0.29, 0.717) is 12.2 Å². The van der Waals surface area contributed by atoms with Crippen LogP contribution in [0, 0.1) is 10.1 Å². The SMILES string of the molecule is CCOC(=O)CC=Cc1ccc([N+](=O)[O-])c(O)c1. The molecule has 6 nitrogen and oxygen atoms in total. The molecule has 0 fully saturated rings. The molecular formula is C12H13NO5. The predicted molar refractivity (Wildman–Crippen MR) is 65.0 cm³/mol. The Morgan fingerprint density at radius 1 is 1.56 bits per heavy atom. The maximum atomic E-state index is 11.0. The fraction of sp³-hybridized carbons (Fsp3) is 0.250. The Balaban J connectivity index is 2.69. The summed E-state index contributed by atoms with van der Waals surface area (Å²) in [6, 6.07) is 3.96. The van der Waals surface area contributed by atoms with Gasteiger partial charge in [0.15, 0.2) is 5.75 Å². The normalized spacial score (nSPS) is 10.5. The molecule has 1 aromatic rings. The first kappa shape index (κ1) is 13.7. The van der Waals surface area contributed by atoms with Crippen molar-refractivity contribution in [1.29, 1.82) is 0 Å². The first-order valence-electron chi connectivity index (χ1n) is 5.34. The van der Waals surface area contributed by atoms with Gasteiger partial charge in [-0.15, -0.1) is 0 Å². The van der Waals surface area contributed by atoms with E-state index >= 15 is 0 Å². The number of phenolic OH excluding ortho intramolecular Hbond substituents is 1. The molecule has 0 radical (unpaired) electrons. The topological polar surface area (TPSA) is 89.7 Å². The number of nitro benzene ring substituents is 1. The molecule has 0 aromatic heterocycles. The van der Waals surface area contributed by atoms with Crippen LogP contribution in [-0.2, 0) is 9.53 Å². The van der Waals surface area contributed by atoms with Gasteiger partial charge in [0.1, 0.15) is 0 Å². The van der Waals surface area contributed by atoms with Gasteiger partial charge in [-0.1, -0.05) is 12.2 Å². The highest BCUT2D eigenvalue weighted by Gasteiger charge is 2.11. The largest absolute Gasteiger partial charge is 0.502 e. The van der Waals surface area contributed by atoms with Crippen molar-refractivity contribution in [3.8, 4) is 5.75 Å². The Hall–Kier alpha value is -2.37. The summed E-state index contributed by atoms with van der Waals surface area (Å²) >= 11 is 0. The molecule has 6 heteroatoms. The smallest absolute Gasteiger partial charge is 0.310 e. The molecule has 0 heterocycles. The van der Waals surface area contributed by atoms with E-state index in [9.17, 15) is 20.0 Å². The highest BCUT2D eigenvalue weighted by Crippen LogP contribution is 2.26. The molecule has 0 aliphatic rings. The molecule has 0 spiro atoms. The van der Waals surface area contributed by atoms with E-state index in [2.05, 4.69) is 0 Å². The van der Waals surface area contributed by atoms with E-state index in [1.807, 2.05) is 0 Å². The summed E-state index contributed by atoms with van der Waals surface area (Å²) in [6.45, 7) is 2.04. The van der Waals surface area contributed by atoms with Crippen LogP contribution in [0.4, 0.5) is 5.69 Å². The molecule has 1 N–H and O–H groups in total. The van der Waals surface area contributed by atoms with Gasteiger partial charge in [-0.25, -0.2) is 0 Å². The van der Waals surface area contributed by atoms with Crippen LogP contribution in [-0.4, -0.2) is 22.6 Å². The van der Waals surface area contributed by atoms with E-state index in [1.165, 1.54) is 18.2 Å². The van der Waals surface area contributed by atoms with Crippen LogP contribution in [0.2, 0.25) is 0 Å². The number of nitro groups is 1. The zero-order chi connectivity index (χ0) is 13.5. The van der Waals surface area contributed by atoms with Crippen LogP contribution in [0.15, 0.2) is 24.3 Å². The summed E-state index contributed by atoms with van der Waals surface area (Å²) in [7, 11) is 0. The number of carbonyl (C=O) groups excluding carboxylic acids is 1. The van der Waals surface area contributed by atoms with Gasteiger partial charge in [0.2, 0.25) is 0 Å². The third kappa shape index (κ3) is 3.89. The minimum Gasteiger partial charge on any atom is -0.502 e. The molecule has 96 valence electrons. The molecule has 1 rings (SSSR count). The van der Waals surface area contributed by atoms with Crippen LogP contribution < -0.4 is 0 Å². The quantitative estimate of drug-likeness (QED) is 0.492. The van der Waals surface area contributed by atoms with E-state index < -0.39 is 10.7 Å². The van der Waals surface area contributed by atoms with E-state index in [-0.39, 0.29) is 18.1 Å². The Bertz CT molecular complexity index is 481. The van der Waals surface area contributed by atoms with Gasteiger partial charge in [0.25, 0.3) is 0 Å². The number of carbonyl (C=O) groups is 1. The second kappa shape index (κ2) is 6.39. The number of rotatable bonds is 5. The zero-order valence-corrected chi connectivity index (χ0v) is 9.83. The van der Waals surface area contributed by atoms with Crippen molar-refractivity contribution in [3.05, 3.63) is 40.0 Å². The van der Waals surface area contributed by atoms with Gasteiger partial charge in [0.05, 0.1) is 18.0 Å². The summed E-state index contributed by atoms with van der Waals surface area (Å²) in [4.78, 5) is 20.8. The van der Waals surface area contributed by atoms with Crippen molar-refractivity contribution in [2.45, 2.75) is 13.3 Å². The average Bonchev–Trinajstić information content (AvgIpc) is 2.29. The summed E-state index contributed by atoms with van der Waals surface area (Å²) in [5.74, 6) is -0.752. The first-order valence-corrected chi connectivity index (χ1v) is 5.34. The van der Waals surface area contributed by atoms with Crippen molar-refractivity contribution in [2.75, 3.05) is 6.61 Å². The lowest BCUT2D eigenvalue weighted by Crippen LogP contribution is -2.01. The summed E-state index contributed by atoms with van der Waals surface area (Å²) in [6.07, 6.45) is 3.27. The Kier molecular flexibility index (Phi) is 4.86. The number of ether oxygens (including phenoxy) is 1. The lowest BCUT2D eigenvalue weighted by atomic mass is 10.1. The van der Waals surface area contributed by atoms with Gasteiger partial charge in [0, 0.05) is 6.07 Å². The van der Waals surface area contributed by atoms with Crippen LogP contribution in [0.3, 0.4) is 0 Å². The maximum Gasteiger partial charge on any atom is 0.310 e.